The third-order valence-electron chi connectivity index (χ3n) is 3.55. The number of carbonyl (C=O) groups excluding carboxylic acids is 1. The second kappa shape index (κ2) is 6.38. The van der Waals surface area contributed by atoms with Gasteiger partial charge in [0.25, 0.3) is 5.91 Å². The third kappa shape index (κ3) is 3.45. The predicted octanol–water partition coefficient (Wildman–Crippen LogP) is 2.43. The zero-order chi connectivity index (χ0) is 12.8. The molecule has 0 bridgehead atoms. The summed E-state index contributed by atoms with van der Waals surface area (Å²) in [5.41, 5.74) is 0.480. The Morgan fingerprint density at radius 2 is 2.17 bits per heavy atom. The van der Waals surface area contributed by atoms with E-state index < -0.39 is 0 Å². The molecule has 0 aromatic carbocycles. The Morgan fingerprint density at radius 3 is 2.89 bits per heavy atom. The first-order valence-corrected chi connectivity index (χ1v) is 6.72. The lowest BCUT2D eigenvalue weighted by Gasteiger charge is -2.10. The van der Waals surface area contributed by atoms with Gasteiger partial charge < -0.3 is 10.6 Å². The molecule has 98 valence electrons. The quantitative estimate of drug-likeness (QED) is 0.840. The van der Waals surface area contributed by atoms with Crippen LogP contribution in [-0.4, -0.2) is 24.5 Å². The van der Waals surface area contributed by atoms with Crippen molar-refractivity contribution in [2.45, 2.75) is 32.1 Å². The maximum atomic E-state index is 11.9. The van der Waals surface area contributed by atoms with Crippen molar-refractivity contribution < 1.29 is 4.79 Å². The minimum Gasteiger partial charge on any atom is -0.373 e. The zero-order valence-corrected chi connectivity index (χ0v) is 10.9. The van der Waals surface area contributed by atoms with Gasteiger partial charge in [-0.1, -0.05) is 31.7 Å². The molecule has 1 aromatic rings. The van der Waals surface area contributed by atoms with Crippen LogP contribution in [0.15, 0.2) is 18.2 Å². The van der Waals surface area contributed by atoms with E-state index in [9.17, 15) is 4.79 Å². The van der Waals surface area contributed by atoms with Gasteiger partial charge in [-0.3, -0.25) is 4.79 Å². The molecule has 2 N–H and O–H groups in total. The third-order valence-corrected chi connectivity index (χ3v) is 3.55. The van der Waals surface area contributed by atoms with E-state index in [0.29, 0.717) is 5.69 Å². The van der Waals surface area contributed by atoms with Crippen molar-refractivity contribution in [2.75, 3.05) is 18.9 Å². The topological polar surface area (TPSA) is 54.0 Å². The summed E-state index contributed by atoms with van der Waals surface area (Å²) in [6, 6.07) is 5.42. The minimum absolute atomic E-state index is 0.0786. The van der Waals surface area contributed by atoms with Crippen LogP contribution in [0.5, 0.6) is 0 Å². The van der Waals surface area contributed by atoms with Crippen molar-refractivity contribution in [1.29, 1.82) is 0 Å². The number of nitrogens with one attached hydrogen (secondary N) is 2. The number of rotatable bonds is 5. The molecule has 2 rings (SSSR count). The Hall–Kier alpha value is -1.58. The smallest absolute Gasteiger partial charge is 0.269 e. The van der Waals surface area contributed by atoms with Gasteiger partial charge in [0.2, 0.25) is 0 Å². The van der Waals surface area contributed by atoms with Crippen LogP contribution in [0.4, 0.5) is 5.82 Å². The largest absolute Gasteiger partial charge is 0.373 e. The van der Waals surface area contributed by atoms with Crippen molar-refractivity contribution in [1.82, 2.24) is 10.3 Å². The van der Waals surface area contributed by atoms with Gasteiger partial charge in [-0.05, 0) is 24.5 Å². The Kier molecular flexibility index (Phi) is 4.56. The second-order valence-electron chi connectivity index (χ2n) is 4.85. The van der Waals surface area contributed by atoms with Crippen LogP contribution in [0.3, 0.4) is 0 Å². The van der Waals surface area contributed by atoms with Crippen molar-refractivity contribution in [3.05, 3.63) is 23.9 Å². The molecule has 4 heteroatoms. The summed E-state index contributed by atoms with van der Waals surface area (Å²) in [6.07, 6.45) is 6.44. The van der Waals surface area contributed by atoms with E-state index in [1.165, 1.54) is 25.7 Å². The van der Waals surface area contributed by atoms with Crippen LogP contribution >= 0.6 is 0 Å². The van der Waals surface area contributed by atoms with Gasteiger partial charge in [0.15, 0.2) is 0 Å². The van der Waals surface area contributed by atoms with E-state index >= 15 is 0 Å². The van der Waals surface area contributed by atoms with Gasteiger partial charge in [0, 0.05) is 13.6 Å². The van der Waals surface area contributed by atoms with Gasteiger partial charge in [-0.25, -0.2) is 4.98 Å². The Labute approximate surface area is 108 Å². The first kappa shape index (κ1) is 12.9. The molecule has 0 atom stereocenters. The number of nitrogens with zero attached hydrogens (tertiary/aromatic N) is 1. The summed E-state index contributed by atoms with van der Waals surface area (Å²) < 4.78 is 0. The van der Waals surface area contributed by atoms with Crippen LogP contribution in [0.25, 0.3) is 0 Å². The van der Waals surface area contributed by atoms with Gasteiger partial charge in [0.05, 0.1) is 0 Å². The first-order valence-electron chi connectivity index (χ1n) is 6.72. The molecule has 0 radical (unpaired) electrons. The van der Waals surface area contributed by atoms with Crippen molar-refractivity contribution in [2.24, 2.45) is 5.92 Å². The van der Waals surface area contributed by atoms with Crippen LogP contribution < -0.4 is 10.6 Å². The summed E-state index contributed by atoms with van der Waals surface area (Å²) in [5, 5.41) is 5.88. The lowest BCUT2D eigenvalue weighted by Crippen LogP contribution is -2.26. The summed E-state index contributed by atoms with van der Waals surface area (Å²) in [4.78, 5) is 16.1. The number of pyridine rings is 1. The summed E-state index contributed by atoms with van der Waals surface area (Å²) in [6.45, 7) is 0.759. The maximum Gasteiger partial charge on any atom is 0.269 e. The van der Waals surface area contributed by atoms with E-state index in [1.54, 1.807) is 13.1 Å². The van der Waals surface area contributed by atoms with Crippen molar-refractivity contribution in [3.8, 4) is 0 Å². The monoisotopic (exact) mass is 247 g/mol. The molecule has 1 aliphatic rings. The molecular weight excluding hydrogens is 226 g/mol. The van der Waals surface area contributed by atoms with Crippen molar-refractivity contribution >= 4 is 11.7 Å². The summed E-state index contributed by atoms with van der Waals surface area (Å²) in [7, 11) is 1.80. The van der Waals surface area contributed by atoms with Crippen LogP contribution in [0.2, 0.25) is 0 Å². The zero-order valence-electron chi connectivity index (χ0n) is 10.9. The van der Waals surface area contributed by atoms with E-state index in [0.717, 1.165) is 24.7 Å². The molecule has 0 saturated heterocycles. The fourth-order valence-electron chi connectivity index (χ4n) is 2.48. The molecule has 0 aliphatic heterocycles. The molecule has 4 nitrogen and oxygen atoms in total. The first-order chi connectivity index (χ1) is 8.79. The number of aromatic nitrogens is 1. The van der Waals surface area contributed by atoms with E-state index in [-0.39, 0.29) is 5.91 Å². The fraction of sp³-hybridized carbons (Fsp3) is 0.571. The Balaban J connectivity index is 1.79. The van der Waals surface area contributed by atoms with Crippen LogP contribution in [0, 0.1) is 5.92 Å². The highest BCUT2D eigenvalue weighted by Gasteiger charge is 2.15. The lowest BCUT2D eigenvalue weighted by atomic mass is 10.0. The molecule has 1 aromatic heterocycles. The number of hydrogen-bond acceptors (Lipinski definition) is 3. The average molecular weight is 247 g/mol. The molecule has 1 amide bonds. The van der Waals surface area contributed by atoms with E-state index in [4.69, 9.17) is 0 Å². The average Bonchev–Trinajstić information content (AvgIpc) is 2.92. The van der Waals surface area contributed by atoms with E-state index in [1.807, 2.05) is 12.1 Å². The highest BCUT2D eigenvalue weighted by molar-refractivity contribution is 5.92. The van der Waals surface area contributed by atoms with Crippen LogP contribution in [-0.2, 0) is 0 Å². The molecule has 1 aliphatic carbocycles. The maximum absolute atomic E-state index is 11.9. The number of anilines is 1. The normalized spacial score (nSPS) is 15.6. The number of hydrogen-bond donors (Lipinski definition) is 2. The Morgan fingerprint density at radius 1 is 1.39 bits per heavy atom. The summed E-state index contributed by atoms with van der Waals surface area (Å²) >= 11 is 0. The molecule has 1 heterocycles. The molecular formula is C14H21N3O. The standard InChI is InChI=1S/C14H21N3O/c1-15-13-8-4-7-12(17-13)14(18)16-10-9-11-5-2-3-6-11/h4,7-8,11H,2-3,5-6,9-10H2,1H3,(H,15,17)(H,16,18). The molecule has 0 unspecified atom stereocenters. The minimum atomic E-state index is -0.0786. The van der Waals surface area contributed by atoms with Gasteiger partial charge in [-0.15, -0.1) is 0 Å². The highest BCUT2D eigenvalue weighted by Crippen LogP contribution is 2.26. The summed E-state index contributed by atoms with van der Waals surface area (Å²) in [5.74, 6) is 1.45. The molecule has 18 heavy (non-hydrogen) atoms. The SMILES string of the molecule is CNc1cccc(C(=O)NCCC2CCCC2)n1. The van der Waals surface area contributed by atoms with E-state index in [2.05, 4.69) is 15.6 Å². The van der Waals surface area contributed by atoms with Crippen molar-refractivity contribution in [3.63, 3.8) is 0 Å². The lowest BCUT2D eigenvalue weighted by molar-refractivity contribution is 0.0946. The van der Waals surface area contributed by atoms with Gasteiger partial charge >= 0.3 is 0 Å². The van der Waals surface area contributed by atoms with Gasteiger partial charge in [-0.2, -0.15) is 0 Å². The Bertz CT molecular complexity index is 400. The fourth-order valence-corrected chi connectivity index (χ4v) is 2.48. The van der Waals surface area contributed by atoms with Gasteiger partial charge in [0.1, 0.15) is 11.5 Å². The molecule has 1 fully saturated rings. The number of carbonyl (C=O) groups is 1. The molecule has 0 spiro atoms. The predicted molar refractivity (Wildman–Crippen MR) is 72.7 cm³/mol. The second-order valence-corrected chi connectivity index (χ2v) is 4.85. The van der Waals surface area contributed by atoms with Crippen LogP contribution in [0.1, 0.15) is 42.6 Å². The molecule has 1 saturated carbocycles. The number of amides is 1. The highest BCUT2D eigenvalue weighted by atomic mass is 16.1.